The standard InChI is InChI=1S/C12H13BrN2S/c1-8(2)16-10-5-3-9(4-6-10)11-7-14-12(13)15-11/h3-8H,1-2H3,(H,14,15). The average Bonchev–Trinajstić information content (AvgIpc) is 2.65. The molecule has 0 amide bonds. The molecule has 0 fully saturated rings. The van der Waals surface area contributed by atoms with E-state index >= 15 is 0 Å². The Morgan fingerprint density at radius 3 is 2.44 bits per heavy atom. The molecular formula is C12H13BrN2S. The fourth-order valence-corrected chi connectivity index (χ4v) is 2.58. The molecule has 2 rings (SSSR count). The van der Waals surface area contributed by atoms with Crippen LogP contribution in [0.15, 0.2) is 40.1 Å². The van der Waals surface area contributed by atoms with Gasteiger partial charge in [0, 0.05) is 10.1 Å². The number of H-pyrrole nitrogens is 1. The van der Waals surface area contributed by atoms with E-state index in [0.29, 0.717) is 5.25 Å². The Hall–Kier alpha value is -0.740. The molecule has 4 heteroatoms. The van der Waals surface area contributed by atoms with Crippen molar-refractivity contribution in [3.63, 3.8) is 0 Å². The predicted molar refractivity (Wildman–Crippen MR) is 72.7 cm³/mol. The number of thioether (sulfide) groups is 1. The van der Waals surface area contributed by atoms with Crippen molar-refractivity contribution in [1.29, 1.82) is 0 Å². The summed E-state index contributed by atoms with van der Waals surface area (Å²) in [4.78, 5) is 8.57. The number of halogens is 1. The third kappa shape index (κ3) is 2.89. The number of aromatic nitrogens is 2. The van der Waals surface area contributed by atoms with Crippen LogP contribution >= 0.6 is 27.7 Å². The molecule has 0 saturated carbocycles. The van der Waals surface area contributed by atoms with E-state index in [1.54, 1.807) is 0 Å². The maximum Gasteiger partial charge on any atom is 0.174 e. The Morgan fingerprint density at radius 2 is 1.94 bits per heavy atom. The zero-order valence-corrected chi connectivity index (χ0v) is 11.6. The minimum Gasteiger partial charge on any atom is -0.333 e. The zero-order valence-electron chi connectivity index (χ0n) is 9.20. The van der Waals surface area contributed by atoms with Crippen molar-refractivity contribution in [3.8, 4) is 11.3 Å². The molecule has 2 nitrogen and oxygen atoms in total. The van der Waals surface area contributed by atoms with Gasteiger partial charge in [-0.25, -0.2) is 4.98 Å². The van der Waals surface area contributed by atoms with Gasteiger partial charge in [-0.1, -0.05) is 26.0 Å². The van der Waals surface area contributed by atoms with Crippen molar-refractivity contribution in [2.75, 3.05) is 0 Å². The molecule has 16 heavy (non-hydrogen) atoms. The lowest BCUT2D eigenvalue weighted by Gasteiger charge is -2.05. The Labute approximate surface area is 108 Å². The van der Waals surface area contributed by atoms with Gasteiger partial charge in [-0.15, -0.1) is 11.8 Å². The van der Waals surface area contributed by atoms with E-state index < -0.39 is 0 Å². The third-order valence-corrected chi connectivity index (χ3v) is 3.50. The van der Waals surface area contributed by atoms with Crippen LogP contribution < -0.4 is 0 Å². The lowest BCUT2D eigenvalue weighted by atomic mass is 10.2. The van der Waals surface area contributed by atoms with Gasteiger partial charge in [-0.05, 0) is 33.6 Å². The molecular weight excluding hydrogens is 284 g/mol. The summed E-state index contributed by atoms with van der Waals surface area (Å²) in [5, 5.41) is 0.618. The Morgan fingerprint density at radius 1 is 1.25 bits per heavy atom. The highest BCUT2D eigenvalue weighted by atomic mass is 79.9. The summed E-state index contributed by atoms with van der Waals surface area (Å²) in [6.07, 6.45) is 1.83. The summed E-state index contributed by atoms with van der Waals surface area (Å²) >= 11 is 5.18. The summed E-state index contributed by atoms with van der Waals surface area (Å²) < 4.78 is 0.767. The first-order valence-corrected chi connectivity index (χ1v) is 6.80. The molecule has 0 bridgehead atoms. The van der Waals surface area contributed by atoms with E-state index in [2.05, 4.69) is 64.0 Å². The van der Waals surface area contributed by atoms with Crippen LogP contribution in [0.3, 0.4) is 0 Å². The van der Waals surface area contributed by atoms with E-state index in [0.717, 1.165) is 16.0 Å². The van der Waals surface area contributed by atoms with Crippen LogP contribution in [0.4, 0.5) is 0 Å². The minimum atomic E-state index is 0.618. The van der Waals surface area contributed by atoms with Gasteiger partial charge < -0.3 is 4.98 Å². The predicted octanol–water partition coefficient (Wildman–Crippen LogP) is 4.34. The number of hydrogen-bond acceptors (Lipinski definition) is 2. The molecule has 2 aromatic rings. The van der Waals surface area contributed by atoms with Gasteiger partial charge in [0.25, 0.3) is 0 Å². The smallest absolute Gasteiger partial charge is 0.174 e. The number of imidazole rings is 1. The molecule has 84 valence electrons. The summed E-state index contributed by atoms with van der Waals surface area (Å²) in [5.41, 5.74) is 2.19. The molecule has 1 aromatic heterocycles. The molecule has 0 radical (unpaired) electrons. The minimum absolute atomic E-state index is 0.618. The molecule has 0 spiro atoms. The number of hydrogen-bond donors (Lipinski definition) is 1. The first kappa shape index (κ1) is 11.7. The normalized spacial score (nSPS) is 11.0. The first-order chi connectivity index (χ1) is 7.65. The molecule has 0 unspecified atom stereocenters. The van der Waals surface area contributed by atoms with E-state index in [1.807, 2.05) is 18.0 Å². The van der Waals surface area contributed by atoms with Crippen LogP contribution in [0.25, 0.3) is 11.3 Å². The summed E-state index contributed by atoms with van der Waals surface area (Å²) in [6, 6.07) is 8.53. The van der Waals surface area contributed by atoms with Gasteiger partial charge >= 0.3 is 0 Å². The Kier molecular flexibility index (Phi) is 3.71. The second-order valence-electron chi connectivity index (χ2n) is 3.78. The molecule has 1 aromatic carbocycles. The number of nitrogens with one attached hydrogen (secondary N) is 1. The fraction of sp³-hybridized carbons (Fsp3) is 0.250. The van der Waals surface area contributed by atoms with Gasteiger partial charge in [0.15, 0.2) is 4.73 Å². The monoisotopic (exact) mass is 296 g/mol. The van der Waals surface area contributed by atoms with Crippen LogP contribution in [-0.2, 0) is 0 Å². The van der Waals surface area contributed by atoms with Gasteiger partial charge in [-0.3, -0.25) is 0 Å². The maximum absolute atomic E-state index is 4.12. The second-order valence-corrected chi connectivity index (χ2v) is 6.18. The van der Waals surface area contributed by atoms with Crippen molar-refractivity contribution in [1.82, 2.24) is 9.97 Å². The van der Waals surface area contributed by atoms with E-state index in [9.17, 15) is 0 Å². The van der Waals surface area contributed by atoms with E-state index in [4.69, 9.17) is 0 Å². The number of aromatic amines is 1. The van der Waals surface area contributed by atoms with E-state index in [-0.39, 0.29) is 0 Å². The lowest BCUT2D eigenvalue weighted by Crippen LogP contribution is -1.85. The molecule has 0 saturated heterocycles. The Bertz CT molecular complexity index is 462. The third-order valence-electron chi connectivity index (χ3n) is 2.08. The highest BCUT2D eigenvalue weighted by molar-refractivity contribution is 9.10. The molecule has 0 aliphatic heterocycles. The molecule has 0 atom stereocenters. The maximum atomic E-state index is 4.12. The number of nitrogens with zero attached hydrogens (tertiary/aromatic N) is 1. The number of benzene rings is 1. The van der Waals surface area contributed by atoms with E-state index in [1.165, 1.54) is 4.90 Å². The van der Waals surface area contributed by atoms with Crippen LogP contribution in [0.5, 0.6) is 0 Å². The van der Waals surface area contributed by atoms with Crippen LogP contribution in [-0.4, -0.2) is 15.2 Å². The SMILES string of the molecule is CC(C)Sc1ccc(-c2cnc(Br)[nH]2)cc1. The lowest BCUT2D eigenvalue weighted by molar-refractivity contribution is 1.11. The van der Waals surface area contributed by atoms with Crippen molar-refractivity contribution in [2.24, 2.45) is 0 Å². The van der Waals surface area contributed by atoms with Gasteiger partial charge in [0.05, 0.1) is 11.9 Å². The van der Waals surface area contributed by atoms with Gasteiger partial charge in [-0.2, -0.15) is 0 Å². The molecule has 0 aliphatic carbocycles. The Balaban J connectivity index is 2.19. The quantitative estimate of drug-likeness (QED) is 0.854. The molecule has 1 heterocycles. The highest BCUT2D eigenvalue weighted by Gasteiger charge is 2.02. The molecule has 0 aliphatic rings. The van der Waals surface area contributed by atoms with Crippen LogP contribution in [0.1, 0.15) is 13.8 Å². The highest BCUT2D eigenvalue weighted by Crippen LogP contribution is 2.26. The zero-order chi connectivity index (χ0) is 11.5. The molecule has 1 N–H and O–H groups in total. The summed E-state index contributed by atoms with van der Waals surface area (Å²) in [7, 11) is 0. The fourth-order valence-electron chi connectivity index (χ4n) is 1.43. The summed E-state index contributed by atoms with van der Waals surface area (Å²) in [5.74, 6) is 0. The first-order valence-electron chi connectivity index (χ1n) is 5.13. The van der Waals surface area contributed by atoms with Gasteiger partial charge in [0.2, 0.25) is 0 Å². The van der Waals surface area contributed by atoms with Crippen molar-refractivity contribution >= 4 is 27.7 Å². The van der Waals surface area contributed by atoms with Crippen LogP contribution in [0, 0.1) is 0 Å². The van der Waals surface area contributed by atoms with Crippen LogP contribution in [0.2, 0.25) is 0 Å². The topological polar surface area (TPSA) is 28.7 Å². The largest absolute Gasteiger partial charge is 0.333 e. The average molecular weight is 297 g/mol. The second kappa shape index (κ2) is 5.06. The summed E-state index contributed by atoms with van der Waals surface area (Å²) in [6.45, 7) is 4.40. The van der Waals surface area contributed by atoms with Crippen molar-refractivity contribution in [3.05, 3.63) is 35.2 Å². The van der Waals surface area contributed by atoms with Crippen molar-refractivity contribution in [2.45, 2.75) is 24.0 Å². The van der Waals surface area contributed by atoms with Crippen molar-refractivity contribution < 1.29 is 0 Å². The van der Waals surface area contributed by atoms with Gasteiger partial charge in [0.1, 0.15) is 0 Å². The number of rotatable bonds is 3.